The van der Waals surface area contributed by atoms with Crippen molar-refractivity contribution in [1.82, 2.24) is 9.88 Å². The molecule has 2 aromatic heterocycles. The summed E-state index contributed by atoms with van der Waals surface area (Å²) in [6.07, 6.45) is 1.66. The van der Waals surface area contributed by atoms with Crippen LogP contribution in [-0.2, 0) is 4.79 Å². The highest BCUT2D eigenvalue weighted by atomic mass is 32.1. The van der Waals surface area contributed by atoms with Gasteiger partial charge in [-0.1, -0.05) is 12.1 Å². The molecule has 0 saturated carbocycles. The Balaban J connectivity index is 1.62. The number of carbonyl (C=O) groups excluding carboxylic acids is 1. The molecule has 2 N–H and O–H groups in total. The Morgan fingerprint density at radius 3 is 2.79 bits per heavy atom. The minimum atomic E-state index is -0.0396. The molecule has 1 aromatic carbocycles. The standard InChI is InChI=1S/C18H21N3O2S/c1-12(15-8-6-10-23-15)19-11-17(22)21(3)13(2)18-20-14-7-4-5-9-16(14)24-18/h4-10,12-13,19H,11H2,1-3H3/p+1/t12-,13-/m1/s1. The van der Waals surface area contributed by atoms with Crippen LogP contribution in [0.5, 0.6) is 0 Å². The summed E-state index contributed by atoms with van der Waals surface area (Å²) in [6, 6.07) is 11.9. The number of furan rings is 1. The number of nitrogens with zero attached hydrogens (tertiary/aromatic N) is 2. The van der Waals surface area contributed by atoms with Crippen LogP contribution in [0.25, 0.3) is 10.2 Å². The number of amides is 1. The van der Waals surface area contributed by atoms with Crippen LogP contribution in [-0.4, -0.2) is 29.4 Å². The smallest absolute Gasteiger partial charge is 0.278 e. The first-order valence-electron chi connectivity index (χ1n) is 8.04. The first-order chi connectivity index (χ1) is 11.6. The van der Waals surface area contributed by atoms with Gasteiger partial charge in [-0.15, -0.1) is 11.3 Å². The summed E-state index contributed by atoms with van der Waals surface area (Å²) >= 11 is 1.64. The Labute approximate surface area is 145 Å². The largest absolute Gasteiger partial charge is 0.463 e. The van der Waals surface area contributed by atoms with Gasteiger partial charge in [0.15, 0.2) is 12.3 Å². The van der Waals surface area contributed by atoms with Gasteiger partial charge in [0.1, 0.15) is 11.0 Å². The second kappa shape index (κ2) is 7.15. The Morgan fingerprint density at radius 2 is 2.08 bits per heavy atom. The molecule has 5 nitrogen and oxygen atoms in total. The maximum atomic E-state index is 12.5. The van der Waals surface area contributed by atoms with E-state index in [-0.39, 0.29) is 18.0 Å². The number of para-hydroxylation sites is 1. The summed E-state index contributed by atoms with van der Waals surface area (Å²) in [5.74, 6) is 0.963. The Kier molecular flexibility index (Phi) is 4.97. The van der Waals surface area contributed by atoms with E-state index in [4.69, 9.17) is 4.42 Å². The van der Waals surface area contributed by atoms with Crippen molar-refractivity contribution in [2.45, 2.75) is 25.9 Å². The molecule has 0 aliphatic carbocycles. The average molecular weight is 344 g/mol. The minimum Gasteiger partial charge on any atom is -0.463 e. The van der Waals surface area contributed by atoms with Gasteiger partial charge in [-0.05, 0) is 38.1 Å². The van der Waals surface area contributed by atoms with Gasteiger partial charge in [-0.2, -0.15) is 0 Å². The topological polar surface area (TPSA) is 63.0 Å². The number of fused-ring (bicyclic) bond motifs is 1. The van der Waals surface area contributed by atoms with E-state index in [0.717, 1.165) is 21.0 Å². The molecule has 6 heteroatoms. The number of hydrogen-bond donors (Lipinski definition) is 1. The van der Waals surface area contributed by atoms with Gasteiger partial charge in [-0.3, -0.25) is 4.79 Å². The van der Waals surface area contributed by atoms with Gasteiger partial charge in [0.05, 0.1) is 22.5 Å². The van der Waals surface area contributed by atoms with E-state index in [1.807, 2.05) is 56.5 Å². The molecule has 0 aliphatic heterocycles. The van der Waals surface area contributed by atoms with Crippen molar-refractivity contribution >= 4 is 27.5 Å². The first kappa shape index (κ1) is 16.7. The highest BCUT2D eigenvalue weighted by molar-refractivity contribution is 7.18. The molecule has 0 radical (unpaired) electrons. The number of hydrogen-bond acceptors (Lipinski definition) is 4. The normalized spacial score (nSPS) is 13.8. The third-order valence-corrected chi connectivity index (χ3v) is 5.49. The zero-order valence-electron chi connectivity index (χ0n) is 14.1. The lowest BCUT2D eigenvalue weighted by Gasteiger charge is -2.23. The van der Waals surface area contributed by atoms with Crippen molar-refractivity contribution in [3.8, 4) is 0 Å². The van der Waals surface area contributed by atoms with Crippen LogP contribution in [0.3, 0.4) is 0 Å². The lowest BCUT2D eigenvalue weighted by Crippen LogP contribution is -2.87. The quantitative estimate of drug-likeness (QED) is 0.748. The van der Waals surface area contributed by atoms with Crippen molar-refractivity contribution < 1.29 is 14.5 Å². The fourth-order valence-corrected chi connectivity index (χ4v) is 3.60. The van der Waals surface area contributed by atoms with Crippen molar-refractivity contribution in [3.05, 3.63) is 53.4 Å². The maximum Gasteiger partial charge on any atom is 0.278 e. The number of thiazole rings is 1. The molecule has 0 bridgehead atoms. The van der Waals surface area contributed by atoms with Crippen molar-refractivity contribution in [2.75, 3.05) is 13.6 Å². The summed E-state index contributed by atoms with van der Waals surface area (Å²) in [6.45, 7) is 4.43. The third kappa shape index (κ3) is 3.49. The van der Waals surface area contributed by atoms with Gasteiger partial charge >= 0.3 is 0 Å². The number of rotatable bonds is 6. The molecule has 3 rings (SSSR count). The number of benzene rings is 1. The predicted molar refractivity (Wildman–Crippen MR) is 94.7 cm³/mol. The molecule has 0 spiro atoms. The number of nitrogens with two attached hydrogens (primary N) is 1. The summed E-state index contributed by atoms with van der Waals surface area (Å²) in [7, 11) is 1.84. The van der Waals surface area contributed by atoms with E-state index in [1.165, 1.54) is 0 Å². The molecule has 24 heavy (non-hydrogen) atoms. The fraction of sp³-hybridized carbons (Fsp3) is 0.333. The summed E-state index contributed by atoms with van der Waals surface area (Å²) in [5, 5.41) is 2.95. The average Bonchev–Trinajstić information content (AvgIpc) is 3.26. The van der Waals surface area contributed by atoms with Crippen molar-refractivity contribution in [2.24, 2.45) is 0 Å². The number of likely N-dealkylation sites (N-methyl/N-ethyl adjacent to an activating group) is 1. The second-order valence-corrected chi connectivity index (χ2v) is 7.01. The zero-order chi connectivity index (χ0) is 17.1. The van der Waals surface area contributed by atoms with Crippen LogP contribution >= 0.6 is 11.3 Å². The maximum absolute atomic E-state index is 12.5. The fourth-order valence-electron chi connectivity index (χ4n) is 2.54. The first-order valence-corrected chi connectivity index (χ1v) is 8.85. The predicted octanol–water partition coefficient (Wildman–Crippen LogP) is 2.73. The van der Waals surface area contributed by atoms with E-state index >= 15 is 0 Å². The van der Waals surface area contributed by atoms with Gasteiger partial charge in [0.25, 0.3) is 5.91 Å². The third-order valence-electron chi connectivity index (χ3n) is 4.28. The highest BCUT2D eigenvalue weighted by Crippen LogP contribution is 2.28. The minimum absolute atomic E-state index is 0.0396. The van der Waals surface area contributed by atoms with E-state index < -0.39 is 0 Å². The number of quaternary nitrogens is 1. The summed E-state index contributed by atoms with van der Waals surface area (Å²) < 4.78 is 6.53. The molecule has 0 aliphatic rings. The molecule has 0 unspecified atom stereocenters. The Hall–Kier alpha value is -2.18. The van der Waals surface area contributed by atoms with E-state index in [9.17, 15) is 4.79 Å². The molecule has 0 saturated heterocycles. The molecule has 126 valence electrons. The molecule has 2 atom stereocenters. The molecule has 2 heterocycles. The Bertz CT molecular complexity index is 780. The van der Waals surface area contributed by atoms with Crippen LogP contribution in [0.1, 0.15) is 36.7 Å². The van der Waals surface area contributed by atoms with E-state index in [0.29, 0.717) is 6.54 Å². The Morgan fingerprint density at radius 1 is 1.29 bits per heavy atom. The van der Waals surface area contributed by atoms with Crippen LogP contribution < -0.4 is 5.32 Å². The molecule has 1 amide bonds. The lowest BCUT2D eigenvalue weighted by molar-refractivity contribution is -0.685. The number of carbonyl (C=O) groups is 1. The van der Waals surface area contributed by atoms with Gasteiger partial charge < -0.3 is 14.6 Å². The van der Waals surface area contributed by atoms with Crippen molar-refractivity contribution in [3.63, 3.8) is 0 Å². The zero-order valence-corrected chi connectivity index (χ0v) is 14.9. The SMILES string of the molecule is C[C@H](c1nc2ccccc2s1)N(C)C(=O)C[NH2+][C@H](C)c1ccco1. The highest BCUT2D eigenvalue weighted by Gasteiger charge is 2.23. The molecule has 0 fully saturated rings. The summed E-state index contributed by atoms with van der Waals surface area (Å²) in [5.41, 5.74) is 0.989. The molecular weight excluding hydrogens is 322 g/mol. The van der Waals surface area contributed by atoms with Gasteiger partial charge in [-0.25, -0.2) is 4.98 Å². The van der Waals surface area contributed by atoms with Gasteiger partial charge in [0.2, 0.25) is 0 Å². The molecular formula is C18H22N3O2S+. The monoisotopic (exact) mass is 344 g/mol. The van der Waals surface area contributed by atoms with Crippen LogP contribution in [0.15, 0.2) is 47.1 Å². The van der Waals surface area contributed by atoms with Crippen LogP contribution in [0.2, 0.25) is 0 Å². The second-order valence-electron chi connectivity index (χ2n) is 5.94. The van der Waals surface area contributed by atoms with Crippen LogP contribution in [0, 0.1) is 0 Å². The van der Waals surface area contributed by atoms with Gasteiger partial charge in [0, 0.05) is 7.05 Å². The van der Waals surface area contributed by atoms with E-state index in [1.54, 1.807) is 22.5 Å². The van der Waals surface area contributed by atoms with E-state index in [2.05, 4.69) is 11.1 Å². The van der Waals surface area contributed by atoms with Crippen molar-refractivity contribution in [1.29, 1.82) is 0 Å². The lowest BCUT2D eigenvalue weighted by atomic mass is 10.2. The molecule has 3 aromatic rings. The summed E-state index contributed by atoms with van der Waals surface area (Å²) in [4.78, 5) is 18.9. The number of aromatic nitrogens is 1. The van der Waals surface area contributed by atoms with Crippen LogP contribution in [0.4, 0.5) is 0 Å².